The van der Waals surface area contributed by atoms with E-state index in [1.807, 2.05) is 18.2 Å². The topological polar surface area (TPSA) is 83.4 Å². The highest BCUT2D eigenvalue weighted by Gasteiger charge is 2.39. The van der Waals surface area contributed by atoms with Gasteiger partial charge in [0.05, 0.1) is 11.7 Å². The van der Waals surface area contributed by atoms with Crippen molar-refractivity contribution in [2.75, 3.05) is 19.6 Å². The molecule has 1 heterocycles. The summed E-state index contributed by atoms with van der Waals surface area (Å²) in [5.41, 5.74) is 0.789. The summed E-state index contributed by atoms with van der Waals surface area (Å²) in [4.78, 5) is 12.6. The number of hydrogen-bond donors (Lipinski definition) is 3. The fourth-order valence-corrected chi connectivity index (χ4v) is 5.44. The van der Waals surface area contributed by atoms with Crippen LogP contribution in [-0.2, 0) is 9.53 Å². The number of carbonyl (C=O) groups excluding carboxylic acids is 1. The standard InChI is InChI=1S/C25H37N3O3S/c1-24(2,3)31-25(12-15-27-16-13-25)30-19-10-8-18(9-11-19)22(32)20-6-4-5-7-21(20)23(29)28-17-14-26/h8-11,20-22,27,32H,4-7,12-13,15-17H2,1-3H3,(H,28,29)/t20-,21-,22?/m0/s1. The lowest BCUT2D eigenvalue weighted by atomic mass is 9.75. The Balaban J connectivity index is 1.71. The minimum Gasteiger partial charge on any atom is -0.462 e. The molecule has 1 saturated carbocycles. The molecule has 0 radical (unpaired) electrons. The molecule has 2 N–H and O–H groups in total. The van der Waals surface area contributed by atoms with E-state index in [-0.39, 0.29) is 35.1 Å². The summed E-state index contributed by atoms with van der Waals surface area (Å²) in [7, 11) is 0. The summed E-state index contributed by atoms with van der Waals surface area (Å²) < 4.78 is 12.8. The van der Waals surface area contributed by atoms with Crippen LogP contribution in [0.1, 0.15) is 70.1 Å². The van der Waals surface area contributed by atoms with Crippen LogP contribution < -0.4 is 15.4 Å². The number of thiol groups is 1. The van der Waals surface area contributed by atoms with Crippen LogP contribution in [0.2, 0.25) is 0 Å². The van der Waals surface area contributed by atoms with Crippen molar-refractivity contribution in [1.82, 2.24) is 10.6 Å². The van der Waals surface area contributed by atoms with Crippen LogP contribution >= 0.6 is 12.6 Å². The Labute approximate surface area is 197 Å². The first-order valence-electron chi connectivity index (χ1n) is 11.8. The van der Waals surface area contributed by atoms with Crippen molar-refractivity contribution in [2.24, 2.45) is 11.8 Å². The van der Waals surface area contributed by atoms with Crippen LogP contribution in [0.3, 0.4) is 0 Å². The van der Waals surface area contributed by atoms with E-state index in [1.165, 1.54) is 0 Å². The van der Waals surface area contributed by atoms with Crippen LogP contribution in [-0.4, -0.2) is 36.9 Å². The zero-order valence-corrected chi connectivity index (χ0v) is 20.4. The molecule has 0 bridgehead atoms. The second kappa shape index (κ2) is 10.9. The Morgan fingerprint density at radius 2 is 1.91 bits per heavy atom. The Hall–Kier alpha value is -1.75. The highest BCUT2D eigenvalue weighted by atomic mass is 32.1. The molecule has 1 aromatic rings. The van der Waals surface area contributed by atoms with Crippen LogP contribution in [0.25, 0.3) is 0 Å². The molecule has 1 amide bonds. The summed E-state index contributed by atoms with van der Waals surface area (Å²) in [5, 5.41) is 14.9. The molecule has 3 rings (SSSR count). The normalized spacial score (nSPS) is 24.2. The molecule has 1 aromatic carbocycles. The number of nitriles is 1. The first kappa shape index (κ1) is 24.9. The van der Waals surface area contributed by atoms with Gasteiger partial charge in [0.2, 0.25) is 11.7 Å². The SMILES string of the molecule is CC(C)(C)OC1(Oc2ccc(C(S)[C@H]3CCCC[C@@H]3C(=O)NCC#N)cc2)CCNCC1. The van der Waals surface area contributed by atoms with E-state index in [0.717, 1.165) is 62.9 Å². The lowest BCUT2D eigenvalue weighted by Gasteiger charge is -2.42. The predicted octanol–water partition coefficient (Wildman–Crippen LogP) is 4.38. The molecule has 6 nitrogen and oxygen atoms in total. The quantitative estimate of drug-likeness (QED) is 0.320. The Bertz CT molecular complexity index is 794. The fraction of sp³-hybridized carbons (Fsp3) is 0.680. The molecule has 2 fully saturated rings. The third-order valence-electron chi connectivity index (χ3n) is 6.29. The maximum atomic E-state index is 12.6. The van der Waals surface area contributed by atoms with E-state index < -0.39 is 5.79 Å². The van der Waals surface area contributed by atoms with Crippen molar-refractivity contribution >= 4 is 18.5 Å². The van der Waals surface area contributed by atoms with Crippen molar-refractivity contribution in [2.45, 2.75) is 75.9 Å². The number of hydrogen-bond acceptors (Lipinski definition) is 6. The molecule has 176 valence electrons. The summed E-state index contributed by atoms with van der Waals surface area (Å²) >= 11 is 4.93. The van der Waals surface area contributed by atoms with Crippen LogP contribution in [0, 0.1) is 23.2 Å². The molecule has 0 aromatic heterocycles. The molecule has 32 heavy (non-hydrogen) atoms. The molecule has 2 aliphatic rings. The molecule has 1 aliphatic carbocycles. The van der Waals surface area contributed by atoms with E-state index in [2.05, 4.69) is 43.5 Å². The van der Waals surface area contributed by atoms with E-state index in [9.17, 15) is 4.79 Å². The van der Waals surface area contributed by atoms with Crippen LogP contribution in [0.4, 0.5) is 0 Å². The third kappa shape index (κ3) is 6.63. The average Bonchev–Trinajstić information content (AvgIpc) is 2.77. The number of amides is 1. The number of carbonyl (C=O) groups is 1. The fourth-order valence-electron chi connectivity index (χ4n) is 4.91. The highest BCUT2D eigenvalue weighted by molar-refractivity contribution is 7.80. The van der Waals surface area contributed by atoms with Gasteiger partial charge in [0.25, 0.3) is 0 Å². The number of benzene rings is 1. The minimum atomic E-state index is -0.626. The predicted molar refractivity (Wildman–Crippen MR) is 129 cm³/mol. The lowest BCUT2D eigenvalue weighted by molar-refractivity contribution is -0.246. The second-order valence-corrected chi connectivity index (χ2v) is 10.5. The van der Waals surface area contributed by atoms with Crippen molar-refractivity contribution in [3.63, 3.8) is 0 Å². The Kier molecular flexibility index (Phi) is 8.49. The largest absolute Gasteiger partial charge is 0.462 e. The van der Waals surface area contributed by atoms with Gasteiger partial charge in [-0.15, -0.1) is 0 Å². The van der Waals surface area contributed by atoms with Crippen LogP contribution in [0.5, 0.6) is 5.75 Å². The molecule has 7 heteroatoms. The average molecular weight is 460 g/mol. The zero-order chi connectivity index (χ0) is 23.2. The summed E-state index contributed by atoms with van der Waals surface area (Å²) in [5.74, 6) is 0.180. The molecular formula is C25H37N3O3S. The van der Waals surface area contributed by atoms with Gasteiger partial charge in [0.15, 0.2) is 0 Å². The molecular weight excluding hydrogens is 422 g/mol. The second-order valence-electron chi connectivity index (χ2n) is 9.92. The summed E-state index contributed by atoms with van der Waals surface area (Å²) in [6.45, 7) is 7.96. The van der Waals surface area contributed by atoms with E-state index in [4.69, 9.17) is 27.4 Å². The minimum absolute atomic E-state index is 0.0255. The monoisotopic (exact) mass is 459 g/mol. The van der Waals surface area contributed by atoms with Gasteiger partial charge < -0.3 is 20.1 Å². The van der Waals surface area contributed by atoms with Gasteiger partial charge in [-0.25, -0.2) is 0 Å². The van der Waals surface area contributed by atoms with Gasteiger partial charge in [-0.3, -0.25) is 4.79 Å². The van der Waals surface area contributed by atoms with Crippen molar-refractivity contribution in [1.29, 1.82) is 5.26 Å². The molecule has 0 spiro atoms. The highest BCUT2D eigenvalue weighted by Crippen LogP contribution is 2.43. The first-order chi connectivity index (χ1) is 15.2. The number of piperidine rings is 1. The van der Waals surface area contributed by atoms with Crippen molar-refractivity contribution < 1.29 is 14.3 Å². The van der Waals surface area contributed by atoms with Gasteiger partial charge in [-0.1, -0.05) is 25.0 Å². The molecule has 3 atom stereocenters. The molecule has 1 unspecified atom stereocenters. The number of rotatable bonds is 7. The van der Waals surface area contributed by atoms with Gasteiger partial charge >= 0.3 is 0 Å². The number of nitrogens with one attached hydrogen (secondary N) is 2. The molecule has 1 aliphatic heterocycles. The maximum Gasteiger partial charge on any atom is 0.224 e. The third-order valence-corrected chi connectivity index (χ3v) is 6.97. The van der Waals surface area contributed by atoms with Crippen molar-refractivity contribution in [3.05, 3.63) is 29.8 Å². The maximum absolute atomic E-state index is 12.6. The zero-order valence-electron chi connectivity index (χ0n) is 19.5. The van der Waals surface area contributed by atoms with Crippen molar-refractivity contribution in [3.8, 4) is 11.8 Å². The Morgan fingerprint density at radius 3 is 2.53 bits per heavy atom. The summed E-state index contributed by atoms with van der Waals surface area (Å²) in [6, 6.07) is 10.1. The van der Waals surface area contributed by atoms with Gasteiger partial charge in [-0.2, -0.15) is 17.9 Å². The van der Waals surface area contributed by atoms with Gasteiger partial charge in [0, 0.05) is 37.1 Å². The van der Waals surface area contributed by atoms with E-state index in [0.29, 0.717) is 0 Å². The Morgan fingerprint density at radius 1 is 1.25 bits per heavy atom. The molecule has 1 saturated heterocycles. The van der Waals surface area contributed by atoms with E-state index >= 15 is 0 Å². The van der Waals surface area contributed by atoms with Gasteiger partial charge in [-0.05, 0) is 57.2 Å². The lowest BCUT2D eigenvalue weighted by Crippen LogP contribution is -2.51. The smallest absolute Gasteiger partial charge is 0.224 e. The van der Waals surface area contributed by atoms with Crippen LogP contribution in [0.15, 0.2) is 24.3 Å². The van der Waals surface area contributed by atoms with Gasteiger partial charge in [0.1, 0.15) is 12.3 Å². The summed E-state index contributed by atoms with van der Waals surface area (Å²) in [6.07, 6.45) is 5.55. The van der Waals surface area contributed by atoms with E-state index in [1.54, 1.807) is 0 Å². The number of nitrogens with zero attached hydrogens (tertiary/aromatic N) is 1. The number of ether oxygens (including phenoxy) is 2. The first-order valence-corrected chi connectivity index (χ1v) is 12.3.